The van der Waals surface area contributed by atoms with E-state index in [2.05, 4.69) is 77.7 Å². The van der Waals surface area contributed by atoms with Crippen molar-refractivity contribution in [2.75, 3.05) is 41.3 Å². The third-order valence-electron chi connectivity index (χ3n) is 5.44. The van der Waals surface area contributed by atoms with Gasteiger partial charge < -0.3 is 19.5 Å². The second-order valence-electron chi connectivity index (χ2n) is 7.32. The number of furan rings is 1. The molecule has 2 heterocycles. The van der Waals surface area contributed by atoms with Crippen molar-refractivity contribution in [2.45, 2.75) is 6.92 Å². The number of nitrogens with one attached hydrogen (secondary N) is 1. The van der Waals surface area contributed by atoms with E-state index in [1.165, 1.54) is 16.9 Å². The summed E-state index contributed by atoms with van der Waals surface area (Å²) >= 11 is 0. The molecular weight excluding hydrogens is 358 g/mol. The fourth-order valence-electron chi connectivity index (χ4n) is 3.84. The second-order valence-corrected chi connectivity index (χ2v) is 7.32. The van der Waals surface area contributed by atoms with Gasteiger partial charge in [0, 0.05) is 31.9 Å². The normalized spacial score (nSPS) is 14.0. The Balaban J connectivity index is 1.53. The Bertz CT molecular complexity index is 999. The average molecular weight is 386 g/mol. The number of rotatable bonds is 6. The molecule has 1 saturated heterocycles. The van der Waals surface area contributed by atoms with Crippen molar-refractivity contribution in [1.29, 1.82) is 0 Å². The quantitative estimate of drug-likeness (QED) is 0.595. The Hall–Kier alpha value is -3.40. The zero-order valence-corrected chi connectivity index (χ0v) is 16.9. The molecule has 0 atom stereocenters. The van der Waals surface area contributed by atoms with E-state index >= 15 is 0 Å². The zero-order chi connectivity index (χ0) is 20.2. The summed E-state index contributed by atoms with van der Waals surface area (Å²) in [5.74, 6) is 0.740. The Morgan fingerprint density at radius 1 is 0.966 bits per heavy atom. The summed E-state index contributed by atoms with van der Waals surface area (Å²) in [7, 11) is 0. The Kier molecular flexibility index (Phi) is 5.43. The first-order valence-electron chi connectivity index (χ1n) is 9.97. The summed E-state index contributed by atoms with van der Waals surface area (Å²) in [6.45, 7) is 14.1. The molecule has 0 aliphatic carbocycles. The van der Waals surface area contributed by atoms with Gasteiger partial charge in [0.1, 0.15) is 5.76 Å². The van der Waals surface area contributed by atoms with Crippen LogP contribution in [0, 0.1) is 6.92 Å². The highest BCUT2D eigenvalue weighted by atomic mass is 16.3. The molecule has 0 saturated carbocycles. The smallest absolute Gasteiger partial charge is 0.149 e. The number of hydrogen-bond donors (Lipinski definition) is 1. The van der Waals surface area contributed by atoms with E-state index < -0.39 is 0 Å². The van der Waals surface area contributed by atoms with E-state index in [1.54, 1.807) is 6.26 Å². The van der Waals surface area contributed by atoms with Crippen LogP contribution in [0.4, 0.5) is 17.1 Å². The molecule has 4 rings (SSSR count). The Labute approximate surface area is 172 Å². The Morgan fingerprint density at radius 2 is 1.69 bits per heavy atom. The van der Waals surface area contributed by atoms with Gasteiger partial charge in [-0.3, -0.25) is 0 Å². The highest BCUT2D eigenvalue weighted by Gasteiger charge is 2.21. The van der Waals surface area contributed by atoms with Gasteiger partial charge >= 0.3 is 0 Å². The maximum absolute atomic E-state index is 5.48. The van der Waals surface area contributed by atoms with Gasteiger partial charge in [-0.05, 0) is 48.4 Å². The molecule has 1 N–H and O–H groups in total. The lowest BCUT2D eigenvalue weighted by Gasteiger charge is -2.38. The predicted molar refractivity (Wildman–Crippen MR) is 124 cm³/mol. The van der Waals surface area contributed by atoms with Gasteiger partial charge in [-0.2, -0.15) is 0 Å². The largest absolute Gasteiger partial charge is 0.463 e. The van der Waals surface area contributed by atoms with Crippen LogP contribution < -0.4 is 15.1 Å². The van der Waals surface area contributed by atoms with E-state index in [0.717, 1.165) is 48.9 Å². The number of benzene rings is 2. The maximum Gasteiger partial charge on any atom is 0.149 e. The van der Waals surface area contributed by atoms with Gasteiger partial charge in [0.25, 0.3) is 0 Å². The van der Waals surface area contributed by atoms with E-state index in [9.17, 15) is 0 Å². The van der Waals surface area contributed by atoms with Gasteiger partial charge in [0.15, 0.2) is 0 Å². The molecule has 2 aromatic carbocycles. The lowest BCUT2D eigenvalue weighted by atomic mass is 10.1. The maximum atomic E-state index is 5.48. The SMILES string of the molecule is C=Cc1ccc(N2CCN(c3ccccc3C)CC2)c(NC(=C)c2ccco2)c1. The molecule has 3 aromatic rings. The summed E-state index contributed by atoms with van der Waals surface area (Å²) in [5, 5.41) is 3.45. The van der Waals surface area contributed by atoms with Crippen LogP contribution in [0.2, 0.25) is 0 Å². The number of para-hydroxylation sites is 1. The van der Waals surface area contributed by atoms with Gasteiger partial charge in [0.05, 0.1) is 23.3 Å². The van der Waals surface area contributed by atoms with Gasteiger partial charge in [-0.25, -0.2) is 0 Å². The van der Waals surface area contributed by atoms with Crippen LogP contribution in [0.5, 0.6) is 0 Å². The molecule has 4 heteroatoms. The third kappa shape index (κ3) is 4.06. The highest BCUT2D eigenvalue weighted by Crippen LogP contribution is 2.32. The van der Waals surface area contributed by atoms with E-state index in [4.69, 9.17) is 4.42 Å². The van der Waals surface area contributed by atoms with Crippen LogP contribution in [0.15, 0.2) is 78.4 Å². The van der Waals surface area contributed by atoms with Crippen molar-refractivity contribution in [3.63, 3.8) is 0 Å². The first-order chi connectivity index (χ1) is 14.2. The fraction of sp³-hybridized carbons (Fsp3) is 0.200. The highest BCUT2D eigenvalue weighted by molar-refractivity contribution is 5.83. The average Bonchev–Trinajstić information content (AvgIpc) is 3.29. The zero-order valence-electron chi connectivity index (χ0n) is 16.9. The van der Waals surface area contributed by atoms with E-state index in [0.29, 0.717) is 0 Å². The molecule has 4 nitrogen and oxygen atoms in total. The molecular formula is C25H27N3O. The minimum Gasteiger partial charge on any atom is -0.463 e. The predicted octanol–water partition coefficient (Wildman–Crippen LogP) is 5.64. The molecule has 0 radical (unpaired) electrons. The molecule has 1 fully saturated rings. The van der Waals surface area contributed by atoms with Gasteiger partial charge in [-0.1, -0.05) is 43.5 Å². The number of anilines is 3. The van der Waals surface area contributed by atoms with Crippen LogP contribution in [-0.2, 0) is 0 Å². The molecule has 0 spiro atoms. The van der Waals surface area contributed by atoms with Crippen molar-refractivity contribution >= 4 is 28.8 Å². The van der Waals surface area contributed by atoms with Crippen LogP contribution in [-0.4, -0.2) is 26.2 Å². The number of nitrogens with zero attached hydrogens (tertiary/aromatic N) is 2. The Morgan fingerprint density at radius 3 is 2.34 bits per heavy atom. The van der Waals surface area contributed by atoms with Crippen molar-refractivity contribution < 1.29 is 4.42 Å². The van der Waals surface area contributed by atoms with Crippen LogP contribution in [0.1, 0.15) is 16.9 Å². The minimum atomic E-state index is 0.740. The molecule has 0 bridgehead atoms. The monoisotopic (exact) mass is 385 g/mol. The number of hydrogen-bond acceptors (Lipinski definition) is 4. The first-order valence-corrected chi connectivity index (χ1v) is 9.97. The van der Waals surface area contributed by atoms with Crippen LogP contribution in [0.25, 0.3) is 11.8 Å². The number of aryl methyl sites for hydroxylation is 1. The third-order valence-corrected chi connectivity index (χ3v) is 5.44. The summed E-state index contributed by atoms with van der Waals surface area (Å²) in [6, 6.07) is 18.8. The van der Waals surface area contributed by atoms with Crippen LogP contribution >= 0.6 is 0 Å². The topological polar surface area (TPSA) is 31.6 Å². The molecule has 1 aliphatic heterocycles. The fourth-order valence-corrected chi connectivity index (χ4v) is 3.84. The lowest BCUT2D eigenvalue weighted by Crippen LogP contribution is -2.47. The summed E-state index contributed by atoms with van der Waals surface area (Å²) in [6.07, 6.45) is 3.52. The first kappa shape index (κ1) is 18.9. The molecule has 29 heavy (non-hydrogen) atoms. The standard InChI is InChI=1S/C25H27N3O/c1-4-21-11-12-24(22(18-21)26-20(3)25-10-7-17-29-25)28-15-13-27(14-16-28)23-9-6-5-8-19(23)2/h4-12,17-18,26H,1,3,13-16H2,2H3. The second kappa shape index (κ2) is 8.31. The molecule has 0 unspecified atom stereocenters. The van der Waals surface area contributed by atoms with E-state index in [1.807, 2.05) is 18.2 Å². The summed E-state index contributed by atoms with van der Waals surface area (Å²) in [5.41, 5.74) is 6.67. The van der Waals surface area contributed by atoms with Crippen molar-refractivity contribution in [3.05, 3.63) is 90.9 Å². The lowest BCUT2D eigenvalue weighted by molar-refractivity contribution is 0.553. The molecule has 148 valence electrons. The van der Waals surface area contributed by atoms with E-state index in [-0.39, 0.29) is 0 Å². The van der Waals surface area contributed by atoms with Crippen molar-refractivity contribution in [3.8, 4) is 0 Å². The van der Waals surface area contributed by atoms with Crippen LogP contribution in [0.3, 0.4) is 0 Å². The van der Waals surface area contributed by atoms with Gasteiger partial charge in [-0.15, -0.1) is 0 Å². The molecule has 1 aromatic heterocycles. The van der Waals surface area contributed by atoms with Crippen molar-refractivity contribution in [2.24, 2.45) is 0 Å². The molecule has 0 amide bonds. The van der Waals surface area contributed by atoms with Gasteiger partial charge in [0.2, 0.25) is 0 Å². The minimum absolute atomic E-state index is 0.740. The summed E-state index contributed by atoms with van der Waals surface area (Å²) in [4.78, 5) is 4.90. The van der Waals surface area contributed by atoms with Crippen molar-refractivity contribution in [1.82, 2.24) is 0 Å². The molecule has 1 aliphatic rings. The summed E-state index contributed by atoms with van der Waals surface area (Å²) < 4.78 is 5.48. The number of piperazine rings is 1.